The van der Waals surface area contributed by atoms with Gasteiger partial charge in [-0.15, -0.1) is 0 Å². The van der Waals surface area contributed by atoms with E-state index in [9.17, 15) is 9.59 Å². The third-order valence-electron chi connectivity index (χ3n) is 6.72. The van der Waals surface area contributed by atoms with Crippen molar-refractivity contribution in [2.45, 2.75) is 67.0 Å². The van der Waals surface area contributed by atoms with Crippen LogP contribution in [-0.2, 0) is 42.3 Å². The number of anilines is 2. The second-order valence-electron chi connectivity index (χ2n) is 8.88. The van der Waals surface area contributed by atoms with E-state index in [0.717, 1.165) is 58.8 Å². The Morgan fingerprint density at radius 1 is 0.788 bits per heavy atom. The summed E-state index contributed by atoms with van der Waals surface area (Å²) < 4.78 is 0. The van der Waals surface area contributed by atoms with Gasteiger partial charge in [0.15, 0.2) is 0 Å². The topological polar surface area (TPSA) is 58.2 Å². The SMILES string of the molecule is CCCC(C(=O)Nc1c(C)cccc1C)[P+](CC)(CC)CC(=O)Nc1c(C)cccc1C.[Y]. The summed E-state index contributed by atoms with van der Waals surface area (Å²) in [5, 5.41) is 6.40. The maximum Gasteiger partial charge on any atom is 0.265 e. The molecule has 0 saturated heterocycles. The predicted octanol–water partition coefficient (Wildman–Crippen LogP) is 6.72. The van der Waals surface area contributed by atoms with Gasteiger partial charge in [-0.05, 0) is 70.2 Å². The molecule has 4 nitrogen and oxygen atoms in total. The molecule has 1 unspecified atom stereocenters. The molecule has 0 aliphatic carbocycles. The quantitative estimate of drug-likeness (QED) is 0.326. The Morgan fingerprint density at radius 3 is 1.61 bits per heavy atom. The molecule has 2 amide bonds. The predicted molar refractivity (Wildman–Crippen MR) is 141 cm³/mol. The van der Waals surface area contributed by atoms with Crippen molar-refractivity contribution >= 4 is 30.5 Å². The summed E-state index contributed by atoms with van der Waals surface area (Å²) in [5.41, 5.74) is 5.95. The van der Waals surface area contributed by atoms with Gasteiger partial charge in [0, 0.05) is 51.3 Å². The number of hydrogen-bond acceptors (Lipinski definition) is 2. The molecular weight excluding hydrogens is 504 g/mol. The van der Waals surface area contributed by atoms with Gasteiger partial charge in [0.1, 0.15) is 11.8 Å². The molecule has 6 heteroatoms. The van der Waals surface area contributed by atoms with Gasteiger partial charge in [0.2, 0.25) is 0 Å². The van der Waals surface area contributed by atoms with Crippen molar-refractivity contribution in [2.24, 2.45) is 0 Å². The van der Waals surface area contributed by atoms with E-state index in [4.69, 9.17) is 0 Å². The van der Waals surface area contributed by atoms with Crippen molar-refractivity contribution in [2.75, 3.05) is 29.1 Å². The zero-order valence-corrected chi connectivity index (χ0v) is 25.2. The first-order valence-electron chi connectivity index (χ1n) is 11.8. The molecule has 33 heavy (non-hydrogen) atoms. The number of carbonyl (C=O) groups excluding carboxylic acids is 2. The Morgan fingerprint density at radius 2 is 1.21 bits per heavy atom. The first-order chi connectivity index (χ1) is 15.2. The average molecular weight is 545 g/mol. The molecule has 1 atom stereocenters. The molecule has 177 valence electrons. The van der Waals surface area contributed by atoms with Crippen molar-refractivity contribution in [3.8, 4) is 0 Å². The molecule has 0 saturated carbocycles. The third-order valence-corrected chi connectivity index (χ3v) is 12.0. The van der Waals surface area contributed by atoms with E-state index in [-0.39, 0.29) is 50.2 Å². The van der Waals surface area contributed by atoms with Crippen molar-refractivity contribution in [3.05, 3.63) is 58.7 Å². The van der Waals surface area contributed by atoms with Crippen molar-refractivity contribution in [1.29, 1.82) is 0 Å². The molecule has 1 radical (unpaired) electrons. The average Bonchev–Trinajstić information content (AvgIpc) is 2.76. The van der Waals surface area contributed by atoms with Gasteiger partial charge in [0.05, 0.1) is 12.3 Å². The standard InChI is InChI=1S/C27H39N2O2P.Y/c1-8-13-23(27(31)29-26-21(6)16-12-17-22(26)7)32(9-2,10-3)18-24(30)28-25-19(4)14-11-15-20(25)5;/h11-12,14-17,23H,8-10,13,18H2,1-7H3,(H-,28,29,30,31);/p+1. The maximum absolute atomic E-state index is 13.6. The van der Waals surface area contributed by atoms with E-state index in [1.54, 1.807) is 0 Å². The van der Waals surface area contributed by atoms with Gasteiger partial charge in [-0.25, -0.2) is 0 Å². The number of amides is 2. The third kappa shape index (κ3) is 7.45. The van der Waals surface area contributed by atoms with Gasteiger partial charge in [-0.1, -0.05) is 49.7 Å². The zero-order chi connectivity index (χ0) is 23.9. The van der Waals surface area contributed by atoms with E-state index in [2.05, 4.69) is 31.4 Å². The molecule has 2 rings (SSSR count). The molecule has 0 aliphatic heterocycles. The number of hydrogen-bond donors (Lipinski definition) is 2. The van der Waals surface area contributed by atoms with E-state index >= 15 is 0 Å². The van der Waals surface area contributed by atoms with Gasteiger partial charge in [-0.2, -0.15) is 0 Å². The number of benzene rings is 2. The normalized spacial score (nSPS) is 12.0. The Bertz CT molecular complexity index is 917. The summed E-state index contributed by atoms with van der Waals surface area (Å²) in [5.74, 6) is 0.0987. The number of aryl methyl sites for hydroxylation is 4. The van der Waals surface area contributed by atoms with Crippen molar-refractivity contribution in [3.63, 3.8) is 0 Å². The molecule has 0 heterocycles. The molecule has 0 bridgehead atoms. The summed E-state index contributed by atoms with van der Waals surface area (Å²) in [7, 11) is -1.86. The van der Waals surface area contributed by atoms with Crippen LogP contribution in [0.2, 0.25) is 0 Å². The van der Waals surface area contributed by atoms with Crippen LogP contribution in [0.25, 0.3) is 0 Å². The minimum Gasteiger partial charge on any atom is -0.322 e. The van der Waals surface area contributed by atoms with Crippen LogP contribution in [0.1, 0.15) is 55.9 Å². The molecular formula is C27H40N2O2PY+. The molecule has 0 aromatic heterocycles. The number of nitrogens with one attached hydrogen (secondary N) is 2. The molecule has 2 aromatic carbocycles. The van der Waals surface area contributed by atoms with Crippen LogP contribution < -0.4 is 10.6 Å². The largest absolute Gasteiger partial charge is 0.322 e. The molecule has 0 spiro atoms. The van der Waals surface area contributed by atoms with Crippen molar-refractivity contribution < 1.29 is 42.3 Å². The second kappa shape index (κ2) is 13.7. The molecule has 2 N–H and O–H groups in total. The van der Waals surface area contributed by atoms with Gasteiger partial charge in [-0.3, -0.25) is 9.59 Å². The monoisotopic (exact) mass is 544 g/mol. The summed E-state index contributed by atoms with van der Waals surface area (Å²) in [6, 6.07) is 12.1. The van der Waals surface area contributed by atoms with Crippen LogP contribution in [0, 0.1) is 27.7 Å². The molecule has 0 aliphatic rings. The fourth-order valence-electron chi connectivity index (χ4n) is 4.62. The minimum atomic E-state index is -1.86. The number of carbonyl (C=O) groups is 2. The van der Waals surface area contributed by atoms with Crippen LogP contribution in [0.3, 0.4) is 0 Å². The Kier molecular flexibility index (Phi) is 12.4. The summed E-state index contributed by atoms with van der Waals surface area (Å²) >= 11 is 0. The van der Waals surface area contributed by atoms with E-state index in [1.165, 1.54) is 0 Å². The number of rotatable bonds is 10. The Labute approximate surface area is 226 Å². The first-order valence-corrected chi connectivity index (χ1v) is 14.2. The summed E-state index contributed by atoms with van der Waals surface area (Å²) in [6.45, 7) is 14.5. The molecule has 2 aromatic rings. The zero-order valence-electron chi connectivity index (χ0n) is 21.4. The van der Waals surface area contributed by atoms with Gasteiger partial charge < -0.3 is 10.6 Å². The van der Waals surface area contributed by atoms with Gasteiger partial charge >= 0.3 is 0 Å². The van der Waals surface area contributed by atoms with Crippen LogP contribution >= 0.6 is 7.26 Å². The first kappa shape index (κ1) is 29.9. The van der Waals surface area contributed by atoms with Crippen LogP contribution in [0.4, 0.5) is 11.4 Å². The number of para-hydroxylation sites is 2. The van der Waals surface area contributed by atoms with Crippen LogP contribution in [0.15, 0.2) is 36.4 Å². The Hall–Kier alpha value is -1.09. The minimum absolute atomic E-state index is 0. The van der Waals surface area contributed by atoms with Crippen LogP contribution in [0.5, 0.6) is 0 Å². The van der Waals surface area contributed by atoms with E-state index in [0.29, 0.717) is 6.16 Å². The van der Waals surface area contributed by atoms with Gasteiger partial charge in [0.25, 0.3) is 11.8 Å². The molecule has 0 fully saturated rings. The van der Waals surface area contributed by atoms with E-state index < -0.39 is 7.26 Å². The van der Waals surface area contributed by atoms with Crippen LogP contribution in [-0.4, -0.2) is 36.0 Å². The second-order valence-corrected chi connectivity index (χ2v) is 13.5. The fourth-order valence-corrected chi connectivity index (χ4v) is 8.64. The fraction of sp³-hybridized carbons (Fsp3) is 0.481. The summed E-state index contributed by atoms with van der Waals surface area (Å²) in [4.78, 5) is 26.8. The Balaban J connectivity index is 0.00000544. The van der Waals surface area contributed by atoms with Crippen molar-refractivity contribution in [1.82, 2.24) is 0 Å². The smallest absolute Gasteiger partial charge is 0.265 e. The maximum atomic E-state index is 13.6. The summed E-state index contributed by atoms with van der Waals surface area (Å²) in [6.07, 6.45) is 3.94. The van der Waals surface area contributed by atoms with E-state index in [1.807, 2.05) is 64.1 Å².